The van der Waals surface area contributed by atoms with Crippen LogP contribution < -0.4 is 5.43 Å². The van der Waals surface area contributed by atoms with Gasteiger partial charge in [0.2, 0.25) is 0 Å². The number of rotatable bonds is 3. The summed E-state index contributed by atoms with van der Waals surface area (Å²) in [5.74, 6) is 1.01. The first-order chi connectivity index (χ1) is 10.5. The lowest BCUT2D eigenvalue weighted by molar-refractivity contribution is 0.0959. The van der Waals surface area contributed by atoms with Crippen molar-refractivity contribution in [3.63, 3.8) is 0 Å². The summed E-state index contributed by atoms with van der Waals surface area (Å²) in [6, 6.07) is 9.29. The molecule has 0 aliphatic heterocycles. The van der Waals surface area contributed by atoms with Gasteiger partial charge in [-0.1, -0.05) is 33.6 Å². The molecule has 0 fully saturated rings. The van der Waals surface area contributed by atoms with E-state index >= 15 is 0 Å². The molecule has 0 atom stereocenters. The Morgan fingerprint density at radius 1 is 1.41 bits per heavy atom. The standard InChI is InChI=1S/C15H10BrClN2O2S/c1-8-2-4-10(21-8)7-18-19-15(20)14-13(17)11-5-3-9(16)6-12(11)22-14/h2-7H,1H3,(H,19,20). The maximum absolute atomic E-state index is 12.2. The molecule has 3 rings (SSSR count). The molecule has 3 aromatic rings. The van der Waals surface area contributed by atoms with Gasteiger partial charge in [0.25, 0.3) is 5.91 Å². The van der Waals surface area contributed by atoms with E-state index < -0.39 is 0 Å². The lowest BCUT2D eigenvalue weighted by Gasteiger charge is -1.96. The molecule has 0 aliphatic rings. The molecule has 1 N–H and O–H groups in total. The average molecular weight is 398 g/mol. The molecule has 2 heterocycles. The van der Waals surface area contributed by atoms with Crippen LogP contribution in [0.3, 0.4) is 0 Å². The van der Waals surface area contributed by atoms with Crippen molar-refractivity contribution in [2.75, 3.05) is 0 Å². The van der Waals surface area contributed by atoms with Crippen LogP contribution in [-0.2, 0) is 0 Å². The highest BCUT2D eigenvalue weighted by Crippen LogP contribution is 2.36. The Kier molecular flexibility index (Phi) is 4.33. The Bertz CT molecular complexity index is 885. The minimum Gasteiger partial charge on any atom is -0.460 e. The molecule has 0 unspecified atom stereocenters. The molecule has 1 amide bonds. The first-order valence-electron chi connectivity index (χ1n) is 6.32. The molecular formula is C15H10BrClN2O2S. The molecule has 0 spiro atoms. The van der Waals surface area contributed by atoms with Crippen LogP contribution in [0.5, 0.6) is 0 Å². The van der Waals surface area contributed by atoms with E-state index in [0.717, 1.165) is 20.3 Å². The molecule has 22 heavy (non-hydrogen) atoms. The Labute approximate surface area is 143 Å². The second-order valence-corrected chi connectivity index (χ2v) is 6.88. The summed E-state index contributed by atoms with van der Waals surface area (Å²) in [5.41, 5.74) is 2.46. The molecule has 0 saturated carbocycles. The number of furan rings is 1. The van der Waals surface area contributed by atoms with Gasteiger partial charge in [0.15, 0.2) is 0 Å². The maximum Gasteiger partial charge on any atom is 0.283 e. The van der Waals surface area contributed by atoms with Crippen molar-refractivity contribution in [3.05, 3.63) is 56.2 Å². The lowest BCUT2D eigenvalue weighted by Crippen LogP contribution is -2.16. The van der Waals surface area contributed by atoms with Crippen LogP contribution in [0.2, 0.25) is 5.02 Å². The molecule has 7 heteroatoms. The number of amides is 1. The number of nitrogens with zero attached hydrogens (tertiary/aromatic N) is 1. The fraction of sp³-hybridized carbons (Fsp3) is 0.0667. The van der Waals surface area contributed by atoms with Gasteiger partial charge in [-0.2, -0.15) is 5.10 Å². The molecule has 0 radical (unpaired) electrons. The average Bonchev–Trinajstić information content (AvgIpc) is 3.03. The Hall–Kier alpha value is -1.63. The predicted octanol–water partition coefficient (Wildman–Crippen LogP) is 4.98. The monoisotopic (exact) mass is 396 g/mol. The maximum atomic E-state index is 12.2. The zero-order chi connectivity index (χ0) is 15.7. The van der Waals surface area contributed by atoms with Crippen LogP contribution in [0, 0.1) is 6.92 Å². The fourth-order valence-corrected chi connectivity index (χ4v) is 3.87. The van der Waals surface area contributed by atoms with Crippen molar-refractivity contribution in [2.24, 2.45) is 5.10 Å². The van der Waals surface area contributed by atoms with Gasteiger partial charge in [0.05, 0.1) is 11.2 Å². The zero-order valence-electron chi connectivity index (χ0n) is 11.4. The number of aryl methyl sites for hydroxylation is 1. The van der Waals surface area contributed by atoms with E-state index in [1.807, 2.05) is 31.2 Å². The highest BCUT2D eigenvalue weighted by Gasteiger charge is 2.16. The first-order valence-corrected chi connectivity index (χ1v) is 8.31. The molecule has 4 nitrogen and oxygen atoms in total. The summed E-state index contributed by atoms with van der Waals surface area (Å²) >= 11 is 11.0. The molecule has 1 aromatic carbocycles. The van der Waals surface area contributed by atoms with E-state index in [2.05, 4.69) is 26.5 Å². The number of hydrogen-bond donors (Lipinski definition) is 1. The van der Waals surface area contributed by atoms with Crippen LogP contribution in [0.15, 0.2) is 44.3 Å². The van der Waals surface area contributed by atoms with E-state index in [4.69, 9.17) is 16.0 Å². The van der Waals surface area contributed by atoms with Crippen LogP contribution in [0.1, 0.15) is 21.2 Å². The van der Waals surface area contributed by atoms with Crippen molar-refractivity contribution in [3.8, 4) is 0 Å². The summed E-state index contributed by atoms with van der Waals surface area (Å²) in [5, 5.41) is 5.17. The van der Waals surface area contributed by atoms with Crippen LogP contribution in [0.25, 0.3) is 10.1 Å². The second kappa shape index (κ2) is 6.24. The molecule has 2 aromatic heterocycles. The SMILES string of the molecule is Cc1ccc(C=NNC(=O)c2sc3cc(Br)ccc3c2Cl)o1. The molecule has 0 saturated heterocycles. The highest BCUT2D eigenvalue weighted by molar-refractivity contribution is 9.10. The molecule has 112 valence electrons. The number of benzene rings is 1. The van der Waals surface area contributed by atoms with Crippen LogP contribution >= 0.6 is 38.9 Å². The van der Waals surface area contributed by atoms with Gasteiger partial charge in [0, 0.05) is 14.6 Å². The smallest absolute Gasteiger partial charge is 0.283 e. The number of nitrogens with one attached hydrogen (secondary N) is 1. The van der Waals surface area contributed by atoms with Gasteiger partial charge in [-0.05, 0) is 31.2 Å². The van der Waals surface area contributed by atoms with Gasteiger partial charge in [-0.3, -0.25) is 4.79 Å². The number of carbonyl (C=O) groups is 1. The fourth-order valence-electron chi connectivity index (χ4n) is 1.91. The van der Waals surface area contributed by atoms with E-state index in [1.165, 1.54) is 17.6 Å². The van der Waals surface area contributed by atoms with Gasteiger partial charge >= 0.3 is 0 Å². The molecule has 0 aliphatic carbocycles. The predicted molar refractivity (Wildman–Crippen MR) is 93.0 cm³/mol. The molecule has 0 bridgehead atoms. The number of fused-ring (bicyclic) bond motifs is 1. The summed E-state index contributed by atoms with van der Waals surface area (Å²) in [6.07, 6.45) is 1.45. The Morgan fingerprint density at radius 2 is 2.23 bits per heavy atom. The largest absolute Gasteiger partial charge is 0.460 e. The Balaban J connectivity index is 1.80. The first kappa shape index (κ1) is 15.3. The normalized spacial score (nSPS) is 11.4. The minimum atomic E-state index is -0.346. The summed E-state index contributed by atoms with van der Waals surface area (Å²) in [4.78, 5) is 12.6. The summed E-state index contributed by atoms with van der Waals surface area (Å²) in [7, 11) is 0. The zero-order valence-corrected chi connectivity index (χ0v) is 14.6. The quantitative estimate of drug-likeness (QED) is 0.500. The van der Waals surface area contributed by atoms with E-state index in [9.17, 15) is 4.79 Å². The second-order valence-electron chi connectivity index (χ2n) is 4.53. The number of thiophene rings is 1. The third-order valence-electron chi connectivity index (χ3n) is 2.92. The number of hydrogen-bond acceptors (Lipinski definition) is 4. The van der Waals surface area contributed by atoms with Crippen molar-refractivity contribution >= 4 is 61.1 Å². The number of halogens is 2. The van der Waals surface area contributed by atoms with E-state index in [1.54, 1.807) is 6.07 Å². The van der Waals surface area contributed by atoms with Crippen molar-refractivity contribution < 1.29 is 9.21 Å². The van der Waals surface area contributed by atoms with Crippen molar-refractivity contribution in [1.82, 2.24) is 5.43 Å². The lowest BCUT2D eigenvalue weighted by atomic mass is 10.2. The van der Waals surface area contributed by atoms with Gasteiger partial charge in [-0.15, -0.1) is 11.3 Å². The highest BCUT2D eigenvalue weighted by atomic mass is 79.9. The van der Waals surface area contributed by atoms with Crippen molar-refractivity contribution in [2.45, 2.75) is 6.92 Å². The van der Waals surface area contributed by atoms with Crippen molar-refractivity contribution in [1.29, 1.82) is 0 Å². The number of hydrazone groups is 1. The van der Waals surface area contributed by atoms with Gasteiger partial charge in [0.1, 0.15) is 16.4 Å². The Morgan fingerprint density at radius 3 is 2.95 bits per heavy atom. The minimum absolute atomic E-state index is 0.346. The van der Waals surface area contributed by atoms with E-state index in [0.29, 0.717) is 15.7 Å². The topological polar surface area (TPSA) is 54.6 Å². The third kappa shape index (κ3) is 3.09. The van der Waals surface area contributed by atoms with Gasteiger partial charge in [-0.25, -0.2) is 5.43 Å². The third-order valence-corrected chi connectivity index (χ3v) is 5.07. The van der Waals surface area contributed by atoms with Gasteiger partial charge < -0.3 is 4.42 Å². The number of carbonyl (C=O) groups excluding carboxylic acids is 1. The summed E-state index contributed by atoms with van der Waals surface area (Å²) < 4.78 is 7.21. The van der Waals surface area contributed by atoms with Crippen LogP contribution in [-0.4, -0.2) is 12.1 Å². The van der Waals surface area contributed by atoms with Crippen LogP contribution in [0.4, 0.5) is 0 Å². The van der Waals surface area contributed by atoms with E-state index in [-0.39, 0.29) is 5.91 Å². The molecular weight excluding hydrogens is 388 g/mol. The summed E-state index contributed by atoms with van der Waals surface area (Å²) in [6.45, 7) is 1.84.